The van der Waals surface area contributed by atoms with Gasteiger partial charge in [-0.15, -0.1) is 0 Å². The first-order chi connectivity index (χ1) is 18.9. The third kappa shape index (κ3) is 4.86. The van der Waals surface area contributed by atoms with Crippen LogP contribution in [0.4, 0.5) is 11.5 Å². The molecule has 2 aromatic rings. The molecule has 9 nitrogen and oxygen atoms in total. The zero-order valence-corrected chi connectivity index (χ0v) is 23.0. The number of hydrogen-bond acceptors (Lipinski definition) is 7. The monoisotopic (exact) mass is 533 g/mol. The molecular weight excluding hydrogens is 494 g/mol. The zero-order valence-electron chi connectivity index (χ0n) is 23.0. The lowest BCUT2D eigenvalue weighted by Gasteiger charge is -2.36. The molecule has 0 unspecified atom stereocenters. The quantitative estimate of drug-likeness (QED) is 0.627. The summed E-state index contributed by atoms with van der Waals surface area (Å²) in [6.45, 7) is 1.12. The van der Waals surface area contributed by atoms with Gasteiger partial charge in [-0.2, -0.15) is 0 Å². The van der Waals surface area contributed by atoms with Gasteiger partial charge in [-0.05, 0) is 50.7 Å². The summed E-state index contributed by atoms with van der Waals surface area (Å²) in [4.78, 5) is 42.4. The lowest BCUT2D eigenvalue weighted by molar-refractivity contribution is -0.122. The fourth-order valence-corrected chi connectivity index (χ4v) is 7.07. The molecule has 1 saturated heterocycles. The van der Waals surface area contributed by atoms with E-state index in [0.717, 1.165) is 49.2 Å². The highest BCUT2D eigenvalue weighted by Gasteiger charge is 2.46. The first-order valence-corrected chi connectivity index (χ1v) is 14.5. The number of fused-ring (bicyclic) bond motifs is 2. The Morgan fingerprint density at radius 3 is 2.59 bits per heavy atom. The van der Waals surface area contributed by atoms with E-state index in [1.807, 2.05) is 25.4 Å². The first-order valence-electron chi connectivity index (χ1n) is 14.5. The van der Waals surface area contributed by atoms with Crippen molar-refractivity contribution in [1.29, 1.82) is 0 Å². The largest absolute Gasteiger partial charge is 0.496 e. The van der Waals surface area contributed by atoms with Crippen molar-refractivity contribution in [3.05, 3.63) is 41.3 Å². The number of aliphatic hydroxyl groups is 1. The van der Waals surface area contributed by atoms with Crippen LogP contribution >= 0.6 is 0 Å². The van der Waals surface area contributed by atoms with Crippen LogP contribution in [-0.2, 0) is 11.2 Å². The summed E-state index contributed by atoms with van der Waals surface area (Å²) in [7, 11) is 3.48. The van der Waals surface area contributed by atoms with Gasteiger partial charge in [0.25, 0.3) is 5.91 Å². The molecule has 0 bridgehead atoms. The number of nitrogens with zero attached hydrogens (tertiary/aromatic N) is 5. The number of hydrogen-bond donors (Lipinski definition) is 1. The van der Waals surface area contributed by atoms with Gasteiger partial charge in [0, 0.05) is 49.8 Å². The second-order valence-electron chi connectivity index (χ2n) is 11.6. The molecule has 3 fully saturated rings. The highest BCUT2D eigenvalue weighted by molar-refractivity contribution is 5.99. The Bertz CT molecular complexity index is 1240. The number of piperidine rings is 1. The van der Waals surface area contributed by atoms with Crippen molar-refractivity contribution in [3.63, 3.8) is 0 Å². The van der Waals surface area contributed by atoms with Gasteiger partial charge in [-0.25, -0.2) is 9.97 Å². The second-order valence-corrected chi connectivity index (χ2v) is 11.6. The number of aromatic nitrogens is 2. The summed E-state index contributed by atoms with van der Waals surface area (Å²) < 4.78 is 5.71. The topological polar surface area (TPSA) is 99.1 Å². The molecule has 39 heavy (non-hydrogen) atoms. The minimum atomic E-state index is -0.325. The van der Waals surface area contributed by atoms with E-state index < -0.39 is 0 Å². The normalized spacial score (nSPS) is 24.1. The van der Waals surface area contributed by atoms with E-state index in [9.17, 15) is 14.7 Å². The van der Waals surface area contributed by atoms with Gasteiger partial charge in [0.1, 0.15) is 17.3 Å². The maximum Gasteiger partial charge on any atom is 0.253 e. The van der Waals surface area contributed by atoms with E-state index in [1.165, 1.54) is 12.8 Å². The first kappa shape index (κ1) is 26.0. The van der Waals surface area contributed by atoms with E-state index in [1.54, 1.807) is 23.0 Å². The average Bonchev–Trinajstić information content (AvgIpc) is 3.65. The van der Waals surface area contributed by atoms with E-state index in [0.29, 0.717) is 55.5 Å². The maximum atomic E-state index is 13.4. The van der Waals surface area contributed by atoms with Gasteiger partial charge in [0.05, 0.1) is 25.3 Å². The Morgan fingerprint density at radius 1 is 1.08 bits per heavy atom. The van der Waals surface area contributed by atoms with Crippen LogP contribution in [0.15, 0.2) is 24.4 Å². The van der Waals surface area contributed by atoms with Crippen LogP contribution in [0.25, 0.3) is 0 Å². The summed E-state index contributed by atoms with van der Waals surface area (Å²) in [5, 5.41) is 9.79. The molecule has 1 aromatic carbocycles. The van der Waals surface area contributed by atoms with Crippen LogP contribution in [-0.4, -0.2) is 77.2 Å². The SMILES string of the molecule is COc1cc(C(=O)N2CCC(O)CC2)ccc1Cc1ncc2c(n1)N(C1CCCC1)[C@@H]1CCC[C@@H]1C(=O)N2C. The molecule has 208 valence electrons. The molecule has 0 spiro atoms. The lowest BCUT2D eigenvalue weighted by Crippen LogP contribution is -2.46. The minimum absolute atomic E-state index is 0.0154. The number of anilines is 2. The van der Waals surface area contributed by atoms with E-state index in [-0.39, 0.29) is 29.9 Å². The summed E-state index contributed by atoms with van der Waals surface area (Å²) in [5.74, 6) is 2.35. The summed E-state index contributed by atoms with van der Waals surface area (Å²) in [5.41, 5.74) is 2.28. The van der Waals surface area contributed by atoms with Crippen molar-refractivity contribution in [2.45, 2.75) is 82.4 Å². The average molecular weight is 534 g/mol. The van der Waals surface area contributed by atoms with Crippen LogP contribution < -0.4 is 14.5 Å². The Morgan fingerprint density at radius 2 is 1.85 bits per heavy atom. The molecule has 2 aliphatic heterocycles. The van der Waals surface area contributed by atoms with Crippen LogP contribution in [0.1, 0.15) is 79.5 Å². The Balaban J connectivity index is 1.30. The van der Waals surface area contributed by atoms with Gasteiger partial charge >= 0.3 is 0 Å². The Hall–Kier alpha value is -3.20. The number of likely N-dealkylation sites (tertiary alicyclic amines) is 1. The highest BCUT2D eigenvalue weighted by atomic mass is 16.5. The van der Waals surface area contributed by atoms with Crippen molar-refractivity contribution >= 4 is 23.3 Å². The molecule has 2 saturated carbocycles. The molecule has 9 heteroatoms. The number of ether oxygens (including phenoxy) is 1. The second kappa shape index (κ2) is 10.8. The molecule has 2 aliphatic carbocycles. The van der Waals surface area contributed by atoms with Crippen LogP contribution in [0.5, 0.6) is 5.75 Å². The summed E-state index contributed by atoms with van der Waals surface area (Å²) in [6, 6.07) is 6.17. The standard InChI is InChI=1S/C30H39N5O4/c1-33-25-18-31-27(32-28(25)35(21-6-3-4-7-21)24-9-5-8-23(24)30(33)38)17-19-10-11-20(16-26(19)39-2)29(37)34-14-12-22(36)13-15-34/h10-11,16,18,21-24,36H,3-9,12-15,17H2,1-2H3/t23-,24+/m0/s1. The molecule has 0 radical (unpaired) electrons. The number of amides is 2. The fourth-order valence-electron chi connectivity index (χ4n) is 7.07. The molecule has 6 rings (SSSR count). The Kier molecular flexibility index (Phi) is 7.18. The van der Waals surface area contributed by atoms with Crippen LogP contribution in [0.3, 0.4) is 0 Å². The van der Waals surface area contributed by atoms with Crippen molar-refractivity contribution in [2.24, 2.45) is 5.92 Å². The maximum absolute atomic E-state index is 13.4. The smallest absolute Gasteiger partial charge is 0.253 e. The number of carbonyl (C=O) groups excluding carboxylic acids is 2. The fraction of sp³-hybridized carbons (Fsp3) is 0.600. The molecular formula is C30H39N5O4. The zero-order chi connectivity index (χ0) is 27.1. The van der Waals surface area contributed by atoms with E-state index in [4.69, 9.17) is 14.7 Å². The van der Waals surface area contributed by atoms with Crippen molar-refractivity contribution in [2.75, 3.05) is 37.0 Å². The van der Waals surface area contributed by atoms with Gasteiger partial charge in [-0.1, -0.05) is 25.3 Å². The van der Waals surface area contributed by atoms with Crippen molar-refractivity contribution in [3.8, 4) is 5.75 Å². The molecule has 2 amide bonds. The number of methoxy groups -OCH3 is 1. The highest BCUT2D eigenvalue weighted by Crippen LogP contribution is 2.44. The van der Waals surface area contributed by atoms with E-state index in [2.05, 4.69) is 4.90 Å². The molecule has 2 atom stereocenters. The van der Waals surface area contributed by atoms with Crippen molar-refractivity contribution < 1.29 is 19.4 Å². The number of benzene rings is 1. The lowest BCUT2D eigenvalue weighted by atomic mass is 9.99. The summed E-state index contributed by atoms with van der Waals surface area (Å²) in [6.07, 6.45) is 10.9. The summed E-state index contributed by atoms with van der Waals surface area (Å²) >= 11 is 0. The van der Waals surface area contributed by atoms with Crippen LogP contribution in [0.2, 0.25) is 0 Å². The Labute approximate surface area is 230 Å². The third-order valence-corrected chi connectivity index (χ3v) is 9.24. The van der Waals surface area contributed by atoms with Gasteiger partial charge in [0.15, 0.2) is 5.82 Å². The number of rotatable bonds is 5. The van der Waals surface area contributed by atoms with E-state index >= 15 is 0 Å². The van der Waals surface area contributed by atoms with Crippen molar-refractivity contribution in [1.82, 2.24) is 14.9 Å². The van der Waals surface area contributed by atoms with Gasteiger partial charge in [-0.3, -0.25) is 9.59 Å². The molecule has 1 N–H and O–H groups in total. The van der Waals surface area contributed by atoms with Gasteiger partial charge in [0.2, 0.25) is 5.91 Å². The molecule has 1 aromatic heterocycles. The predicted octanol–water partition coefficient (Wildman–Crippen LogP) is 3.57. The van der Waals surface area contributed by atoms with Gasteiger partial charge < -0.3 is 24.5 Å². The minimum Gasteiger partial charge on any atom is -0.496 e. The predicted molar refractivity (Wildman–Crippen MR) is 148 cm³/mol. The van der Waals surface area contributed by atoms with Crippen LogP contribution in [0, 0.1) is 5.92 Å². The molecule has 4 aliphatic rings. The molecule has 3 heterocycles. The number of aliphatic hydroxyl groups excluding tert-OH is 1. The third-order valence-electron chi connectivity index (χ3n) is 9.24. The number of carbonyl (C=O) groups is 2.